The number of nitro benzene ring substituents is 1. The number of hydrogen-bond acceptors (Lipinski definition) is 6. The van der Waals surface area contributed by atoms with E-state index in [-0.39, 0.29) is 16.7 Å². The van der Waals surface area contributed by atoms with Crippen molar-refractivity contribution in [1.82, 2.24) is 10.4 Å². The van der Waals surface area contributed by atoms with Crippen molar-refractivity contribution in [1.29, 1.82) is 0 Å². The Hall–Kier alpha value is -2.90. The first-order valence-corrected chi connectivity index (χ1v) is 10.1. The average Bonchev–Trinajstić information content (AvgIpc) is 3.24. The smallest absolute Gasteiger partial charge is 0.270 e. The van der Waals surface area contributed by atoms with Crippen molar-refractivity contribution < 1.29 is 9.76 Å². The number of non-ortho nitro benzene ring substituents is 1. The van der Waals surface area contributed by atoms with E-state index < -0.39 is 0 Å². The second-order valence-electron chi connectivity index (χ2n) is 7.45. The fourth-order valence-electron chi connectivity index (χ4n) is 3.86. The van der Waals surface area contributed by atoms with E-state index in [2.05, 4.69) is 45.6 Å². The highest BCUT2D eigenvalue weighted by atomic mass is 16.7. The zero-order valence-electron chi connectivity index (χ0n) is 16.4. The maximum Gasteiger partial charge on any atom is 0.270 e. The van der Waals surface area contributed by atoms with E-state index in [1.807, 2.05) is 12.1 Å². The Kier molecular flexibility index (Phi) is 6.07. The molecule has 1 atom stereocenters. The summed E-state index contributed by atoms with van der Waals surface area (Å²) >= 11 is 0. The Morgan fingerprint density at radius 2 is 1.86 bits per heavy atom. The molecule has 7 nitrogen and oxygen atoms in total. The molecule has 2 heterocycles. The summed E-state index contributed by atoms with van der Waals surface area (Å²) in [5.41, 5.74) is 5.89. The number of para-hydroxylation sites is 1. The summed E-state index contributed by atoms with van der Waals surface area (Å²) in [6, 6.07) is 17.2. The monoisotopic (exact) mass is 394 g/mol. The summed E-state index contributed by atoms with van der Waals surface area (Å²) < 4.78 is 0. The quantitative estimate of drug-likeness (QED) is 0.573. The zero-order valence-corrected chi connectivity index (χ0v) is 16.4. The normalized spacial score (nSPS) is 19.7. The number of rotatable bonds is 7. The molecule has 0 bridgehead atoms. The van der Waals surface area contributed by atoms with Gasteiger partial charge in [0.05, 0.1) is 10.6 Å². The standard InChI is InChI=1S/C22H26N4O3/c27-26(28)20-9-4-6-18(16-20)22-17-21(29-23-22)10-5-11-24-12-14-25(15-13-24)19-7-2-1-3-8-19/h1-4,6-9,16-17,21,23H,5,10-15H2. The summed E-state index contributed by atoms with van der Waals surface area (Å²) in [4.78, 5) is 21.2. The maximum atomic E-state index is 11.0. The molecule has 29 heavy (non-hydrogen) atoms. The summed E-state index contributed by atoms with van der Waals surface area (Å²) in [6.45, 7) is 5.33. The molecule has 2 aliphatic rings. The minimum Gasteiger partial charge on any atom is -0.369 e. The molecular weight excluding hydrogens is 368 g/mol. The molecule has 1 fully saturated rings. The lowest BCUT2D eigenvalue weighted by Crippen LogP contribution is -2.46. The minimum atomic E-state index is -0.380. The largest absolute Gasteiger partial charge is 0.369 e. The van der Waals surface area contributed by atoms with Crippen LogP contribution in [0.4, 0.5) is 11.4 Å². The van der Waals surface area contributed by atoms with Crippen molar-refractivity contribution >= 4 is 17.1 Å². The molecule has 2 aromatic rings. The Morgan fingerprint density at radius 1 is 1.07 bits per heavy atom. The minimum absolute atomic E-state index is 0.00475. The highest BCUT2D eigenvalue weighted by Gasteiger charge is 2.20. The predicted octanol–water partition coefficient (Wildman–Crippen LogP) is 3.44. The topological polar surface area (TPSA) is 70.9 Å². The third kappa shape index (κ3) is 4.93. The van der Waals surface area contributed by atoms with E-state index in [1.165, 1.54) is 11.8 Å². The van der Waals surface area contributed by atoms with Crippen LogP contribution in [-0.2, 0) is 4.84 Å². The highest BCUT2D eigenvalue weighted by Crippen LogP contribution is 2.24. The summed E-state index contributed by atoms with van der Waals surface area (Å²) in [5, 5.41) is 11.0. The van der Waals surface area contributed by atoms with Gasteiger partial charge in [-0.25, -0.2) is 0 Å². The van der Waals surface area contributed by atoms with E-state index in [0.29, 0.717) is 0 Å². The molecule has 0 aromatic heterocycles. The van der Waals surface area contributed by atoms with Gasteiger partial charge in [-0.05, 0) is 37.6 Å². The zero-order chi connectivity index (χ0) is 20.1. The fraction of sp³-hybridized carbons (Fsp3) is 0.364. The average molecular weight is 394 g/mol. The van der Waals surface area contributed by atoms with Gasteiger partial charge in [-0.3, -0.25) is 25.3 Å². The van der Waals surface area contributed by atoms with Gasteiger partial charge in [0.25, 0.3) is 5.69 Å². The van der Waals surface area contributed by atoms with Crippen LogP contribution < -0.4 is 10.4 Å². The highest BCUT2D eigenvalue weighted by molar-refractivity contribution is 5.66. The number of nitrogens with one attached hydrogen (secondary N) is 1. The van der Waals surface area contributed by atoms with Gasteiger partial charge >= 0.3 is 0 Å². The molecule has 7 heteroatoms. The number of hydroxylamine groups is 1. The fourth-order valence-corrected chi connectivity index (χ4v) is 3.86. The molecule has 0 spiro atoms. The van der Waals surface area contributed by atoms with E-state index >= 15 is 0 Å². The van der Waals surface area contributed by atoms with Gasteiger partial charge in [-0.2, -0.15) is 0 Å². The van der Waals surface area contributed by atoms with Crippen molar-refractivity contribution in [3.63, 3.8) is 0 Å². The third-order valence-corrected chi connectivity index (χ3v) is 5.50. The van der Waals surface area contributed by atoms with Crippen LogP contribution in [0.25, 0.3) is 5.70 Å². The summed E-state index contributed by atoms with van der Waals surface area (Å²) in [5.74, 6) is 0. The Bertz CT molecular complexity index is 863. The first-order chi connectivity index (χ1) is 14.2. The van der Waals surface area contributed by atoms with Gasteiger partial charge in [0, 0.05) is 49.6 Å². The Labute approximate surface area is 170 Å². The SMILES string of the molecule is O=[N+]([O-])c1cccc(C2=CC(CCCN3CCN(c4ccccc4)CC3)ON2)c1. The number of nitrogens with zero attached hydrogens (tertiary/aromatic N) is 3. The number of piperazine rings is 1. The van der Waals surface area contributed by atoms with E-state index in [1.54, 1.807) is 12.1 Å². The lowest BCUT2D eigenvalue weighted by atomic mass is 10.1. The van der Waals surface area contributed by atoms with Crippen LogP contribution in [-0.4, -0.2) is 48.7 Å². The molecule has 2 aromatic carbocycles. The second-order valence-corrected chi connectivity index (χ2v) is 7.45. The van der Waals surface area contributed by atoms with Crippen LogP contribution in [0.5, 0.6) is 0 Å². The van der Waals surface area contributed by atoms with Crippen LogP contribution in [0.3, 0.4) is 0 Å². The molecule has 1 saturated heterocycles. The van der Waals surface area contributed by atoms with E-state index in [9.17, 15) is 10.1 Å². The molecule has 152 valence electrons. The number of nitro groups is 1. The molecule has 1 unspecified atom stereocenters. The first-order valence-electron chi connectivity index (χ1n) is 10.1. The Balaban J connectivity index is 1.22. The first kappa shape index (κ1) is 19.4. The van der Waals surface area contributed by atoms with Gasteiger partial charge in [0.15, 0.2) is 0 Å². The molecule has 0 saturated carbocycles. The molecular formula is C22H26N4O3. The van der Waals surface area contributed by atoms with Gasteiger partial charge in [0.1, 0.15) is 6.10 Å². The second kappa shape index (κ2) is 9.07. The van der Waals surface area contributed by atoms with Gasteiger partial charge in [-0.15, -0.1) is 0 Å². The lowest BCUT2D eigenvalue weighted by Gasteiger charge is -2.36. The van der Waals surface area contributed by atoms with Crippen LogP contribution in [0.2, 0.25) is 0 Å². The van der Waals surface area contributed by atoms with Crippen molar-refractivity contribution in [2.24, 2.45) is 0 Å². The summed E-state index contributed by atoms with van der Waals surface area (Å²) in [7, 11) is 0. The van der Waals surface area contributed by atoms with Crippen LogP contribution in [0.15, 0.2) is 60.7 Å². The van der Waals surface area contributed by atoms with Crippen LogP contribution >= 0.6 is 0 Å². The molecule has 4 rings (SSSR count). The number of hydrogen-bond donors (Lipinski definition) is 1. The summed E-state index contributed by atoms with van der Waals surface area (Å²) in [6.07, 6.45) is 3.99. The predicted molar refractivity (Wildman–Crippen MR) is 113 cm³/mol. The van der Waals surface area contributed by atoms with Crippen molar-refractivity contribution in [2.45, 2.75) is 18.9 Å². The van der Waals surface area contributed by atoms with Gasteiger partial charge in [0.2, 0.25) is 0 Å². The van der Waals surface area contributed by atoms with Crippen LogP contribution in [0, 0.1) is 10.1 Å². The number of benzene rings is 2. The van der Waals surface area contributed by atoms with Gasteiger partial charge in [-0.1, -0.05) is 30.3 Å². The van der Waals surface area contributed by atoms with Crippen LogP contribution in [0.1, 0.15) is 18.4 Å². The van der Waals surface area contributed by atoms with Crippen molar-refractivity contribution in [3.8, 4) is 0 Å². The Morgan fingerprint density at radius 3 is 2.62 bits per heavy atom. The molecule has 2 aliphatic heterocycles. The van der Waals surface area contributed by atoms with Crippen molar-refractivity contribution in [3.05, 3.63) is 76.4 Å². The number of anilines is 1. The molecule has 0 amide bonds. The third-order valence-electron chi connectivity index (χ3n) is 5.50. The molecule has 0 radical (unpaired) electrons. The van der Waals surface area contributed by atoms with Gasteiger partial charge < -0.3 is 4.90 Å². The van der Waals surface area contributed by atoms with E-state index in [0.717, 1.165) is 56.8 Å². The maximum absolute atomic E-state index is 11.0. The molecule has 1 N–H and O–H groups in total. The van der Waals surface area contributed by atoms with E-state index in [4.69, 9.17) is 4.84 Å². The van der Waals surface area contributed by atoms with Crippen molar-refractivity contribution in [2.75, 3.05) is 37.6 Å². The molecule has 0 aliphatic carbocycles. The lowest BCUT2D eigenvalue weighted by molar-refractivity contribution is -0.384.